The van der Waals surface area contributed by atoms with Crippen molar-refractivity contribution in [3.05, 3.63) is 60.3 Å². The molecule has 0 amide bonds. The predicted molar refractivity (Wildman–Crippen MR) is 93.0 cm³/mol. The van der Waals surface area contributed by atoms with E-state index in [4.69, 9.17) is 0 Å². The van der Waals surface area contributed by atoms with Gasteiger partial charge in [0.15, 0.2) is 10.1 Å². The van der Waals surface area contributed by atoms with Gasteiger partial charge in [-0.15, -0.1) is 11.3 Å². The van der Waals surface area contributed by atoms with Crippen LogP contribution < -0.4 is 0 Å². The Hall–Kier alpha value is -2.11. The molecule has 4 aromatic rings. The van der Waals surface area contributed by atoms with Crippen LogP contribution in [0.25, 0.3) is 21.1 Å². The number of rotatable bonds is 4. The second kappa shape index (κ2) is 5.59. The quantitative estimate of drug-likeness (QED) is 0.435. The second-order valence-electron chi connectivity index (χ2n) is 4.91. The summed E-state index contributed by atoms with van der Waals surface area (Å²) in [5.41, 5.74) is 2.74. The fourth-order valence-corrected chi connectivity index (χ4v) is 4.37. The Bertz CT molecular complexity index is 938. The lowest BCUT2D eigenvalue weighted by Gasteiger charge is -1.97. The Kier molecular flexibility index (Phi) is 3.44. The van der Waals surface area contributed by atoms with Gasteiger partial charge >= 0.3 is 0 Å². The van der Waals surface area contributed by atoms with Crippen molar-refractivity contribution in [3.63, 3.8) is 0 Å². The van der Waals surface area contributed by atoms with Crippen LogP contribution in [0.15, 0.2) is 59.1 Å². The van der Waals surface area contributed by atoms with Crippen LogP contribution in [0, 0.1) is 0 Å². The fraction of sp³-hybridized carbons (Fsp3) is 0.0588. The molecule has 2 heterocycles. The topological polar surface area (TPSA) is 45.8 Å². The monoisotopic (exact) mass is 324 g/mol. The normalized spacial score (nSPS) is 11.3. The van der Waals surface area contributed by atoms with Crippen LogP contribution in [0.3, 0.4) is 0 Å². The van der Waals surface area contributed by atoms with E-state index in [9.17, 15) is 4.79 Å². The number of thiazole rings is 1. The number of hydrogen-bond acceptors (Lipinski definition) is 4. The summed E-state index contributed by atoms with van der Waals surface area (Å²) in [4.78, 5) is 20.1. The molecular formula is C17H12N2OS2. The summed E-state index contributed by atoms with van der Waals surface area (Å²) in [6.45, 7) is 0. The number of carbonyl (C=O) groups is 1. The SMILES string of the molecule is O=C(CSc1nc2ccccc2s1)c1c[nH]c2ccccc12. The molecule has 0 saturated carbocycles. The van der Waals surface area contributed by atoms with E-state index in [1.165, 1.54) is 11.8 Å². The van der Waals surface area contributed by atoms with Crippen molar-refractivity contribution in [2.75, 3.05) is 5.75 Å². The zero-order valence-electron chi connectivity index (χ0n) is 11.6. The summed E-state index contributed by atoms with van der Waals surface area (Å²) in [5, 5.41) is 0.984. The third kappa shape index (κ3) is 2.42. The maximum Gasteiger partial charge on any atom is 0.175 e. The van der Waals surface area contributed by atoms with Gasteiger partial charge in [0.05, 0.1) is 16.0 Å². The molecule has 0 aliphatic heterocycles. The standard InChI is InChI=1S/C17H12N2OS2/c20-15(12-9-18-13-6-2-1-5-11(12)13)10-21-17-19-14-7-3-4-8-16(14)22-17/h1-9,18H,10H2. The number of H-pyrrole nitrogens is 1. The molecule has 0 aliphatic carbocycles. The molecule has 22 heavy (non-hydrogen) atoms. The molecule has 5 heteroatoms. The minimum Gasteiger partial charge on any atom is -0.360 e. The first kappa shape index (κ1) is 13.5. The molecule has 2 aromatic heterocycles. The first-order valence-electron chi connectivity index (χ1n) is 6.89. The molecule has 0 spiro atoms. The summed E-state index contributed by atoms with van der Waals surface area (Å²) in [6, 6.07) is 15.9. The summed E-state index contributed by atoms with van der Waals surface area (Å²) in [6.07, 6.45) is 1.80. The number of Topliss-reactive ketones (excluding diaryl/α,β-unsaturated/α-hetero) is 1. The van der Waals surface area contributed by atoms with Crippen molar-refractivity contribution in [1.82, 2.24) is 9.97 Å². The Labute approximate surface area is 135 Å². The Morgan fingerprint density at radius 3 is 2.86 bits per heavy atom. The highest BCUT2D eigenvalue weighted by molar-refractivity contribution is 8.01. The number of nitrogens with zero attached hydrogens (tertiary/aromatic N) is 1. The molecule has 0 radical (unpaired) electrons. The van der Waals surface area contributed by atoms with Crippen molar-refractivity contribution < 1.29 is 4.79 Å². The van der Waals surface area contributed by atoms with Crippen LogP contribution in [0.5, 0.6) is 0 Å². The van der Waals surface area contributed by atoms with Crippen LogP contribution in [0.2, 0.25) is 0 Å². The fourth-order valence-electron chi connectivity index (χ4n) is 2.42. The highest BCUT2D eigenvalue weighted by Crippen LogP contribution is 2.30. The van der Waals surface area contributed by atoms with Crippen LogP contribution in [-0.4, -0.2) is 21.5 Å². The van der Waals surface area contributed by atoms with E-state index in [0.717, 1.165) is 31.0 Å². The Morgan fingerprint density at radius 1 is 1.14 bits per heavy atom. The first-order chi connectivity index (χ1) is 10.8. The molecule has 3 nitrogen and oxygen atoms in total. The number of aromatic nitrogens is 2. The lowest BCUT2D eigenvalue weighted by molar-refractivity contribution is 0.102. The predicted octanol–water partition coefficient (Wildman–Crippen LogP) is 4.75. The molecular weight excluding hydrogens is 312 g/mol. The van der Waals surface area contributed by atoms with Gasteiger partial charge in [-0.1, -0.05) is 42.1 Å². The third-order valence-electron chi connectivity index (χ3n) is 3.49. The summed E-state index contributed by atoms with van der Waals surface area (Å²) in [5.74, 6) is 0.531. The smallest absolute Gasteiger partial charge is 0.175 e. The van der Waals surface area contributed by atoms with E-state index in [-0.39, 0.29) is 5.78 Å². The minimum absolute atomic E-state index is 0.127. The number of benzene rings is 2. The lowest BCUT2D eigenvalue weighted by atomic mass is 10.1. The molecule has 0 atom stereocenters. The van der Waals surface area contributed by atoms with E-state index < -0.39 is 0 Å². The number of hydrogen-bond donors (Lipinski definition) is 1. The van der Waals surface area contributed by atoms with Crippen molar-refractivity contribution >= 4 is 50.0 Å². The summed E-state index contributed by atoms with van der Waals surface area (Å²) in [7, 11) is 0. The van der Waals surface area contributed by atoms with E-state index >= 15 is 0 Å². The average molecular weight is 324 g/mol. The Morgan fingerprint density at radius 2 is 1.95 bits per heavy atom. The van der Waals surface area contributed by atoms with Crippen LogP contribution in [-0.2, 0) is 0 Å². The van der Waals surface area contributed by atoms with Gasteiger partial charge in [0.1, 0.15) is 0 Å². The van der Waals surface area contributed by atoms with E-state index in [1.807, 2.05) is 42.5 Å². The van der Waals surface area contributed by atoms with E-state index in [0.29, 0.717) is 5.75 Å². The molecule has 0 fully saturated rings. The minimum atomic E-state index is 0.127. The number of carbonyl (C=O) groups excluding carboxylic acids is 1. The van der Waals surface area contributed by atoms with Crippen molar-refractivity contribution in [2.45, 2.75) is 4.34 Å². The van der Waals surface area contributed by atoms with Crippen LogP contribution >= 0.6 is 23.1 Å². The van der Waals surface area contributed by atoms with Crippen molar-refractivity contribution in [2.24, 2.45) is 0 Å². The average Bonchev–Trinajstić information content (AvgIpc) is 3.16. The number of aromatic amines is 1. The van der Waals surface area contributed by atoms with E-state index in [1.54, 1.807) is 17.5 Å². The van der Waals surface area contributed by atoms with Crippen molar-refractivity contribution in [1.29, 1.82) is 0 Å². The maximum atomic E-state index is 12.4. The third-order valence-corrected chi connectivity index (χ3v) is 5.67. The second-order valence-corrected chi connectivity index (χ2v) is 7.16. The largest absolute Gasteiger partial charge is 0.360 e. The number of fused-ring (bicyclic) bond motifs is 2. The zero-order chi connectivity index (χ0) is 14.9. The van der Waals surface area contributed by atoms with Gasteiger partial charge in [0.2, 0.25) is 0 Å². The molecule has 0 saturated heterocycles. The molecule has 0 bridgehead atoms. The molecule has 4 rings (SSSR count). The van der Waals surface area contributed by atoms with Crippen LogP contribution in [0.4, 0.5) is 0 Å². The number of ketones is 1. The highest BCUT2D eigenvalue weighted by atomic mass is 32.2. The lowest BCUT2D eigenvalue weighted by Crippen LogP contribution is -2.01. The van der Waals surface area contributed by atoms with Gasteiger partial charge in [-0.2, -0.15) is 0 Å². The van der Waals surface area contributed by atoms with Crippen molar-refractivity contribution in [3.8, 4) is 0 Å². The van der Waals surface area contributed by atoms with Gasteiger partial charge in [-0.25, -0.2) is 4.98 Å². The summed E-state index contributed by atoms with van der Waals surface area (Å²) < 4.78 is 2.10. The zero-order valence-corrected chi connectivity index (χ0v) is 13.2. The number of nitrogens with one attached hydrogen (secondary N) is 1. The Balaban J connectivity index is 1.54. The number of thioether (sulfide) groups is 1. The maximum absolute atomic E-state index is 12.4. The molecule has 0 unspecified atom stereocenters. The number of para-hydroxylation sites is 2. The molecule has 0 aliphatic rings. The van der Waals surface area contributed by atoms with Crippen LogP contribution in [0.1, 0.15) is 10.4 Å². The van der Waals surface area contributed by atoms with Gasteiger partial charge in [0, 0.05) is 22.7 Å². The molecule has 108 valence electrons. The molecule has 1 N–H and O–H groups in total. The van der Waals surface area contributed by atoms with Gasteiger partial charge in [0.25, 0.3) is 0 Å². The van der Waals surface area contributed by atoms with Gasteiger partial charge in [-0.3, -0.25) is 4.79 Å². The summed E-state index contributed by atoms with van der Waals surface area (Å²) >= 11 is 3.14. The van der Waals surface area contributed by atoms with E-state index in [2.05, 4.69) is 16.0 Å². The van der Waals surface area contributed by atoms with Gasteiger partial charge in [-0.05, 0) is 18.2 Å². The molecule has 2 aromatic carbocycles. The first-order valence-corrected chi connectivity index (χ1v) is 8.69. The highest BCUT2D eigenvalue weighted by Gasteiger charge is 2.13. The van der Waals surface area contributed by atoms with Gasteiger partial charge < -0.3 is 4.98 Å².